The Balaban J connectivity index is 1.54. The molecule has 1 aliphatic heterocycles. The van der Waals surface area contributed by atoms with Gasteiger partial charge in [-0.1, -0.05) is 36.8 Å². The zero-order valence-electron chi connectivity index (χ0n) is 18.2. The molecule has 32 heavy (non-hydrogen) atoms. The van der Waals surface area contributed by atoms with Gasteiger partial charge in [0, 0.05) is 32.3 Å². The number of nitrogens with one attached hydrogen (secondary N) is 1. The summed E-state index contributed by atoms with van der Waals surface area (Å²) in [5.74, 6) is -2.62. The molecule has 9 nitrogen and oxygen atoms in total. The van der Waals surface area contributed by atoms with Gasteiger partial charge in [-0.2, -0.15) is 0 Å². The van der Waals surface area contributed by atoms with Gasteiger partial charge < -0.3 is 29.4 Å². The van der Waals surface area contributed by atoms with Crippen LogP contribution in [0.15, 0.2) is 30.3 Å². The molecule has 1 heterocycles. The van der Waals surface area contributed by atoms with Gasteiger partial charge in [-0.15, -0.1) is 0 Å². The molecule has 0 unspecified atom stereocenters. The number of hydrogen-bond acceptors (Lipinski definition) is 8. The quantitative estimate of drug-likeness (QED) is 0.652. The van der Waals surface area contributed by atoms with E-state index in [1.165, 1.54) is 13.8 Å². The fourth-order valence-electron chi connectivity index (χ4n) is 4.90. The second-order valence-electron chi connectivity index (χ2n) is 8.65. The van der Waals surface area contributed by atoms with Crippen molar-refractivity contribution in [3.63, 3.8) is 0 Å². The summed E-state index contributed by atoms with van der Waals surface area (Å²) in [6, 6.07) is 7.66. The van der Waals surface area contributed by atoms with E-state index < -0.39 is 54.3 Å². The lowest BCUT2D eigenvalue weighted by Gasteiger charge is -2.35. The maximum Gasteiger partial charge on any atom is 0.352 e. The van der Waals surface area contributed by atoms with Crippen LogP contribution in [-0.2, 0) is 33.3 Å². The minimum Gasteiger partial charge on any atom is -0.454 e. The van der Waals surface area contributed by atoms with E-state index in [2.05, 4.69) is 5.32 Å². The van der Waals surface area contributed by atoms with Crippen molar-refractivity contribution in [2.75, 3.05) is 0 Å². The predicted molar refractivity (Wildman–Crippen MR) is 110 cm³/mol. The summed E-state index contributed by atoms with van der Waals surface area (Å²) >= 11 is 0. The van der Waals surface area contributed by atoms with E-state index >= 15 is 0 Å². The fourth-order valence-corrected chi connectivity index (χ4v) is 4.90. The molecule has 174 valence electrons. The molecule has 2 N–H and O–H groups in total. The Morgan fingerprint density at radius 3 is 2.34 bits per heavy atom. The predicted octanol–water partition coefficient (Wildman–Crippen LogP) is 1.53. The molecule has 4 rings (SSSR count). The summed E-state index contributed by atoms with van der Waals surface area (Å²) in [5.41, 5.74) is 0.435. The Kier molecular flexibility index (Phi) is 6.50. The third kappa shape index (κ3) is 4.51. The van der Waals surface area contributed by atoms with Crippen LogP contribution in [0, 0.1) is 0 Å². The van der Waals surface area contributed by atoms with Crippen LogP contribution in [0.4, 0.5) is 0 Å². The van der Waals surface area contributed by atoms with Crippen molar-refractivity contribution in [3.05, 3.63) is 35.9 Å². The molecule has 9 heteroatoms. The highest BCUT2D eigenvalue weighted by atomic mass is 16.8. The van der Waals surface area contributed by atoms with E-state index in [9.17, 15) is 19.5 Å². The number of aliphatic hydroxyl groups excluding tert-OH is 1. The molecular weight excluding hydrogens is 418 g/mol. The summed E-state index contributed by atoms with van der Waals surface area (Å²) in [5, 5.41) is 13.7. The minimum absolute atomic E-state index is 0.350. The smallest absolute Gasteiger partial charge is 0.352 e. The number of carbonyl (C=O) groups is 3. The van der Waals surface area contributed by atoms with Crippen LogP contribution in [0.3, 0.4) is 0 Å². The number of ether oxygens (including phenoxy) is 4. The van der Waals surface area contributed by atoms with Gasteiger partial charge in [-0.25, -0.2) is 4.79 Å². The van der Waals surface area contributed by atoms with Crippen molar-refractivity contribution < 1.29 is 38.4 Å². The van der Waals surface area contributed by atoms with Crippen molar-refractivity contribution in [2.45, 2.75) is 88.3 Å². The molecule has 3 aliphatic rings. The van der Waals surface area contributed by atoms with Gasteiger partial charge in [0.15, 0.2) is 11.9 Å². The lowest BCUT2D eigenvalue weighted by molar-refractivity contribution is -0.220. The average Bonchev–Trinajstić information content (AvgIpc) is 3.22. The van der Waals surface area contributed by atoms with Crippen LogP contribution < -0.4 is 5.32 Å². The summed E-state index contributed by atoms with van der Waals surface area (Å²) < 4.78 is 23.2. The second kappa shape index (κ2) is 9.17. The number of esters is 2. The number of hydrogen-bond donors (Lipinski definition) is 2. The van der Waals surface area contributed by atoms with Gasteiger partial charge in [0.1, 0.15) is 18.3 Å². The largest absolute Gasteiger partial charge is 0.454 e. The lowest BCUT2D eigenvalue weighted by Crippen LogP contribution is -2.51. The summed E-state index contributed by atoms with van der Waals surface area (Å²) in [6.07, 6.45) is -0.594. The molecule has 1 aromatic rings. The highest BCUT2D eigenvalue weighted by Gasteiger charge is 2.62. The third-order valence-corrected chi connectivity index (χ3v) is 6.24. The first kappa shape index (κ1) is 22.7. The summed E-state index contributed by atoms with van der Waals surface area (Å²) in [7, 11) is 0. The zero-order valence-corrected chi connectivity index (χ0v) is 18.2. The molecular formula is C23H29NO8. The van der Waals surface area contributed by atoms with E-state index in [4.69, 9.17) is 18.9 Å². The fraction of sp³-hybridized carbons (Fsp3) is 0.609. The molecule has 2 saturated carbocycles. The van der Waals surface area contributed by atoms with E-state index in [1.54, 1.807) is 30.3 Å². The highest BCUT2D eigenvalue weighted by Crippen LogP contribution is 2.46. The van der Waals surface area contributed by atoms with Gasteiger partial charge in [-0.05, 0) is 12.8 Å². The Morgan fingerprint density at radius 1 is 1.06 bits per heavy atom. The molecule has 1 aromatic carbocycles. The van der Waals surface area contributed by atoms with Gasteiger partial charge in [0.25, 0.3) is 0 Å². The van der Waals surface area contributed by atoms with E-state index in [0.717, 1.165) is 19.3 Å². The first-order chi connectivity index (χ1) is 15.3. The van der Waals surface area contributed by atoms with Gasteiger partial charge in [0.2, 0.25) is 12.0 Å². The summed E-state index contributed by atoms with van der Waals surface area (Å²) in [6.45, 7) is 2.54. The molecule has 1 amide bonds. The number of carbonyl (C=O) groups excluding carboxylic acids is 3. The molecule has 1 saturated heterocycles. The monoisotopic (exact) mass is 447 g/mol. The number of amides is 1. The van der Waals surface area contributed by atoms with Crippen LogP contribution in [0.2, 0.25) is 0 Å². The standard InChI is InChI=1S/C23H29NO8/c1-13(25)24-16-19(17(27)21-20(16)31-23(32-21)11-7-4-8-12-23)30-22(28)18(29-14(2)26)15-9-5-3-6-10-15/h3,5-6,9-10,16-21,27H,4,7-8,11-12H2,1-2H3,(H,24,25)/t16-,17+,18+,19+,20-,21+/m1/s1. The number of fused-ring (bicyclic) bond motifs is 1. The lowest BCUT2D eigenvalue weighted by atomic mass is 9.94. The SMILES string of the molecule is CC(=O)N[C@@H]1[C@H](OC(=O)[C@@H](OC(C)=O)c2ccccc2)[C@H](O)[C@@H]2OC3(CCCCC3)O[C@H]12. The number of aliphatic hydroxyl groups is 1. The first-order valence-electron chi connectivity index (χ1n) is 11.0. The minimum atomic E-state index is -1.30. The molecule has 0 radical (unpaired) electrons. The maximum atomic E-state index is 13.0. The van der Waals surface area contributed by atoms with Crippen LogP contribution in [0.1, 0.15) is 57.6 Å². The number of benzene rings is 1. The molecule has 6 atom stereocenters. The van der Waals surface area contributed by atoms with Gasteiger partial charge in [0.05, 0.1) is 6.04 Å². The number of rotatable bonds is 5. The highest BCUT2D eigenvalue weighted by molar-refractivity contribution is 5.80. The average molecular weight is 447 g/mol. The van der Waals surface area contributed by atoms with Gasteiger partial charge in [-0.3, -0.25) is 9.59 Å². The van der Waals surface area contributed by atoms with Crippen LogP contribution in [-0.4, -0.2) is 59.2 Å². The Morgan fingerprint density at radius 2 is 1.72 bits per heavy atom. The van der Waals surface area contributed by atoms with Crippen molar-refractivity contribution in [2.24, 2.45) is 0 Å². The third-order valence-electron chi connectivity index (χ3n) is 6.24. The zero-order chi connectivity index (χ0) is 22.9. The van der Waals surface area contributed by atoms with Crippen LogP contribution >= 0.6 is 0 Å². The first-order valence-corrected chi connectivity index (χ1v) is 11.0. The van der Waals surface area contributed by atoms with E-state index in [-0.39, 0.29) is 5.91 Å². The molecule has 3 fully saturated rings. The Hall–Kier alpha value is -2.49. The molecule has 0 aromatic heterocycles. The Labute approximate surface area is 186 Å². The molecule has 0 bridgehead atoms. The van der Waals surface area contributed by atoms with Crippen molar-refractivity contribution in [3.8, 4) is 0 Å². The van der Waals surface area contributed by atoms with Crippen LogP contribution in [0.25, 0.3) is 0 Å². The van der Waals surface area contributed by atoms with E-state index in [1.807, 2.05) is 0 Å². The summed E-state index contributed by atoms with van der Waals surface area (Å²) in [4.78, 5) is 36.5. The van der Waals surface area contributed by atoms with Crippen LogP contribution in [0.5, 0.6) is 0 Å². The molecule has 2 aliphatic carbocycles. The Bertz CT molecular complexity index is 853. The second-order valence-corrected chi connectivity index (χ2v) is 8.65. The normalized spacial score (nSPS) is 31.5. The van der Waals surface area contributed by atoms with E-state index in [0.29, 0.717) is 18.4 Å². The topological polar surface area (TPSA) is 120 Å². The van der Waals surface area contributed by atoms with Crippen molar-refractivity contribution in [1.82, 2.24) is 5.32 Å². The maximum absolute atomic E-state index is 13.0. The van der Waals surface area contributed by atoms with Gasteiger partial charge >= 0.3 is 11.9 Å². The van der Waals surface area contributed by atoms with Crippen molar-refractivity contribution in [1.29, 1.82) is 0 Å². The van der Waals surface area contributed by atoms with Crippen molar-refractivity contribution >= 4 is 17.8 Å². The molecule has 1 spiro atoms.